The van der Waals surface area contributed by atoms with Gasteiger partial charge in [-0.1, -0.05) is 0 Å². The number of likely N-dealkylation sites (tertiary alicyclic amines) is 1. The molecule has 0 aromatic heterocycles. The fourth-order valence-electron chi connectivity index (χ4n) is 2.81. The molecule has 2 fully saturated rings. The summed E-state index contributed by atoms with van der Waals surface area (Å²) in [4.78, 5) is 13.7. The van der Waals surface area contributed by atoms with Gasteiger partial charge in [-0.25, -0.2) is 4.79 Å². The molecule has 5 heteroatoms. The van der Waals surface area contributed by atoms with Crippen molar-refractivity contribution in [2.75, 3.05) is 26.3 Å². The maximum Gasteiger partial charge on any atom is 0.410 e. The second kappa shape index (κ2) is 5.29. The van der Waals surface area contributed by atoms with Gasteiger partial charge < -0.3 is 19.5 Å². The van der Waals surface area contributed by atoms with Gasteiger partial charge in [-0.2, -0.15) is 0 Å². The highest BCUT2D eigenvalue weighted by atomic mass is 16.6. The zero-order valence-electron chi connectivity index (χ0n) is 12.1. The number of nitrogens with zero attached hydrogens (tertiary/aromatic N) is 1. The van der Waals surface area contributed by atoms with Gasteiger partial charge in [0.1, 0.15) is 5.60 Å². The van der Waals surface area contributed by atoms with Crippen LogP contribution < -0.4 is 0 Å². The Balaban J connectivity index is 1.90. The van der Waals surface area contributed by atoms with Gasteiger partial charge in [0.15, 0.2) is 0 Å². The van der Waals surface area contributed by atoms with E-state index in [2.05, 4.69) is 0 Å². The van der Waals surface area contributed by atoms with Crippen molar-refractivity contribution in [1.82, 2.24) is 4.90 Å². The number of aliphatic hydroxyl groups excluding tert-OH is 1. The molecule has 2 rings (SSSR count). The van der Waals surface area contributed by atoms with E-state index in [-0.39, 0.29) is 17.6 Å². The highest BCUT2D eigenvalue weighted by Gasteiger charge is 2.44. The minimum atomic E-state index is -0.459. The average molecular weight is 271 g/mol. The number of carbonyl (C=O) groups excluding carboxylic acids is 1. The number of rotatable bonds is 0. The summed E-state index contributed by atoms with van der Waals surface area (Å²) < 4.78 is 10.9. The van der Waals surface area contributed by atoms with Gasteiger partial charge in [-0.05, 0) is 40.0 Å². The fraction of sp³-hybridized carbons (Fsp3) is 0.929. The lowest BCUT2D eigenvalue weighted by Crippen LogP contribution is -2.53. The minimum Gasteiger partial charge on any atom is -0.444 e. The molecule has 1 unspecified atom stereocenters. The topological polar surface area (TPSA) is 59.0 Å². The number of ether oxygens (including phenoxy) is 2. The molecule has 1 atom stereocenters. The number of hydrogen-bond donors (Lipinski definition) is 1. The second-order valence-electron chi connectivity index (χ2n) is 6.69. The van der Waals surface area contributed by atoms with Crippen molar-refractivity contribution in [2.24, 2.45) is 5.41 Å². The molecule has 2 saturated heterocycles. The van der Waals surface area contributed by atoms with Gasteiger partial charge >= 0.3 is 6.09 Å². The van der Waals surface area contributed by atoms with Gasteiger partial charge in [-0.3, -0.25) is 0 Å². The molecule has 1 spiro atoms. The largest absolute Gasteiger partial charge is 0.444 e. The Hall–Kier alpha value is -0.810. The van der Waals surface area contributed by atoms with Gasteiger partial charge in [0.2, 0.25) is 0 Å². The Kier molecular flexibility index (Phi) is 4.06. The molecule has 2 heterocycles. The van der Waals surface area contributed by atoms with E-state index < -0.39 is 5.60 Å². The third-order valence-electron chi connectivity index (χ3n) is 4.04. The normalized spacial score (nSPS) is 27.4. The maximum absolute atomic E-state index is 12.0. The van der Waals surface area contributed by atoms with Crippen LogP contribution in [0.15, 0.2) is 0 Å². The molecular formula is C14H25NO4. The Morgan fingerprint density at radius 1 is 1.37 bits per heavy atom. The monoisotopic (exact) mass is 271 g/mol. The molecule has 0 aromatic rings. The van der Waals surface area contributed by atoms with E-state index in [0.29, 0.717) is 32.7 Å². The smallest absolute Gasteiger partial charge is 0.410 e. The molecule has 110 valence electrons. The van der Waals surface area contributed by atoms with Crippen molar-refractivity contribution in [3.8, 4) is 0 Å². The third kappa shape index (κ3) is 3.39. The fourth-order valence-corrected chi connectivity index (χ4v) is 2.81. The second-order valence-corrected chi connectivity index (χ2v) is 6.69. The molecule has 0 bridgehead atoms. The number of amides is 1. The number of hydrogen-bond acceptors (Lipinski definition) is 4. The van der Waals surface area contributed by atoms with Crippen LogP contribution in [0.4, 0.5) is 4.79 Å². The lowest BCUT2D eigenvalue weighted by molar-refractivity contribution is -0.123. The lowest BCUT2D eigenvalue weighted by atomic mass is 9.72. The molecule has 0 radical (unpaired) electrons. The zero-order valence-corrected chi connectivity index (χ0v) is 12.1. The zero-order chi connectivity index (χ0) is 14.1. The van der Waals surface area contributed by atoms with Gasteiger partial charge in [0, 0.05) is 25.1 Å². The van der Waals surface area contributed by atoms with Crippen LogP contribution >= 0.6 is 0 Å². The average Bonchev–Trinajstić information content (AvgIpc) is 2.32. The highest BCUT2D eigenvalue weighted by molar-refractivity contribution is 5.68. The van der Waals surface area contributed by atoms with Crippen LogP contribution in [0.2, 0.25) is 0 Å². The molecule has 19 heavy (non-hydrogen) atoms. The Bertz CT molecular complexity index is 329. The third-order valence-corrected chi connectivity index (χ3v) is 4.04. The minimum absolute atomic E-state index is 0.156. The van der Waals surface area contributed by atoms with Gasteiger partial charge in [-0.15, -0.1) is 0 Å². The van der Waals surface area contributed by atoms with Gasteiger partial charge in [0.25, 0.3) is 0 Å². The molecule has 1 amide bonds. The van der Waals surface area contributed by atoms with E-state index in [4.69, 9.17) is 9.47 Å². The maximum atomic E-state index is 12.0. The lowest BCUT2D eigenvalue weighted by Gasteiger charge is -2.46. The van der Waals surface area contributed by atoms with Crippen LogP contribution in [0.25, 0.3) is 0 Å². The van der Waals surface area contributed by atoms with Crippen LogP contribution in [-0.4, -0.2) is 54.1 Å². The molecule has 2 aliphatic rings. The SMILES string of the molecule is CC(C)(C)OC(=O)N1CCC2(CC1)COCCC2O. The summed E-state index contributed by atoms with van der Waals surface area (Å²) in [6, 6.07) is 0. The van der Waals surface area contributed by atoms with Crippen LogP contribution in [0.3, 0.4) is 0 Å². The van der Waals surface area contributed by atoms with Crippen LogP contribution in [0.1, 0.15) is 40.0 Å². The van der Waals surface area contributed by atoms with E-state index in [9.17, 15) is 9.90 Å². The first kappa shape index (κ1) is 14.6. The van der Waals surface area contributed by atoms with E-state index in [1.807, 2.05) is 20.8 Å². The predicted octanol–water partition coefficient (Wildman–Crippen LogP) is 1.78. The molecule has 2 aliphatic heterocycles. The molecule has 5 nitrogen and oxygen atoms in total. The summed E-state index contributed by atoms with van der Waals surface area (Å²) in [6.45, 7) is 8.12. The first-order valence-corrected chi connectivity index (χ1v) is 7.06. The number of aliphatic hydroxyl groups is 1. The molecule has 1 N–H and O–H groups in total. The summed E-state index contributed by atoms with van der Waals surface area (Å²) in [5, 5.41) is 10.2. The predicted molar refractivity (Wildman–Crippen MR) is 70.9 cm³/mol. The van der Waals surface area contributed by atoms with E-state index in [0.717, 1.165) is 12.8 Å². The Morgan fingerprint density at radius 3 is 2.53 bits per heavy atom. The van der Waals surface area contributed by atoms with Gasteiger partial charge in [0.05, 0.1) is 12.7 Å². The van der Waals surface area contributed by atoms with Crippen molar-refractivity contribution in [3.63, 3.8) is 0 Å². The van der Waals surface area contributed by atoms with E-state index in [1.165, 1.54) is 0 Å². The summed E-state index contributed by atoms with van der Waals surface area (Å²) in [7, 11) is 0. The van der Waals surface area contributed by atoms with Crippen molar-refractivity contribution in [1.29, 1.82) is 0 Å². The standard InChI is InChI=1S/C14H25NO4/c1-13(2,3)19-12(17)15-7-5-14(6-8-15)10-18-9-4-11(14)16/h11,16H,4-10H2,1-3H3. The van der Waals surface area contributed by atoms with Crippen molar-refractivity contribution < 1.29 is 19.4 Å². The molecule has 0 aromatic carbocycles. The van der Waals surface area contributed by atoms with Crippen molar-refractivity contribution >= 4 is 6.09 Å². The Morgan fingerprint density at radius 2 is 2.00 bits per heavy atom. The number of piperidine rings is 1. The number of carbonyl (C=O) groups is 1. The Labute approximate surface area is 114 Å². The summed E-state index contributed by atoms with van der Waals surface area (Å²) in [5.41, 5.74) is -0.615. The van der Waals surface area contributed by atoms with Crippen molar-refractivity contribution in [2.45, 2.75) is 51.7 Å². The van der Waals surface area contributed by atoms with Crippen LogP contribution in [0.5, 0.6) is 0 Å². The summed E-state index contributed by atoms with van der Waals surface area (Å²) in [5.74, 6) is 0. The quantitative estimate of drug-likeness (QED) is 0.729. The first-order valence-electron chi connectivity index (χ1n) is 7.06. The van der Waals surface area contributed by atoms with Crippen molar-refractivity contribution in [3.05, 3.63) is 0 Å². The molecule has 0 aliphatic carbocycles. The molecule has 0 saturated carbocycles. The molecular weight excluding hydrogens is 246 g/mol. The van der Waals surface area contributed by atoms with E-state index >= 15 is 0 Å². The first-order chi connectivity index (χ1) is 8.82. The van der Waals surface area contributed by atoms with E-state index in [1.54, 1.807) is 4.90 Å². The van der Waals surface area contributed by atoms with Crippen LogP contribution in [0, 0.1) is 5.41 Å². The summed E-state index contributed by atoms with van der Waals surface area (Å²) >= 11 is 0. The summed E-state index contributed by atoms with van der Waals surface area (Å²) in [6.07, 6.45) is 1.71. The highest BCUT2D eigenvalue weighted by Crippen LogP contribution is 2.39. The van der Waals surface area contributed by atoms with Crippen LogP contribution in [-0.2, 0) is 9.47 Å².